The first-order valence-electron chi connectivity index (χ1n) is 8.85. The van der Waals surface area contributed by atoms with Gasteiger partial charge in [0, 0.05) is 12.6 Å². The lowest BCUT2D eigenvalue weighted by Gasteiger charge is -2.37. The first-order chi connectivity index (χ1) is 10.3. The summed E-state index contributed by atoms with van der Waals surface area (Å²) in [6.07, 6.45) is 8.19. The molecule has 1 aromatic rings. The van der Waals surface area contributed by atoms with Crippen LogP contribution in [-0.4, -0.2) is 24.5 Å². The molecular weight excluding hydrogens is 256 g/mol. The summed E-state index contributed by atoms with van der Waals surface area (Å²) in [4.78, 5) is 2.61. The van der Waals surface area contributed by atoms with Gasteiger partial charge in [0.15, 0.2) is 0 Å². The molecule has 1 saturated heterocycles. The second-order valence-corrected chi connectivity index (χ2v) is 6.96. The van der Waals surface area contributed by atoms with E-state index < -0.39 is 0 Å². The molecule has 2 N–H and O–H groups in total. The number of piperidine rings is 1. The Balaban J connectivity index is 1.61. The third-order valence-corrected chi connectivity index (χ3v) is 5.38. The topological polar surface area (TPSA) is 29.3 Å². The standard InChI is InChI=1S/C19H30N2/c1-2-3-15-10-12-21(13-11-15)19(14-20)18-8-6-17(7-9-18)16-4-5-16/h6-9,15-16,19H,2-5,10-14,20H2,1H3. The smallest absolute Gasteiger partial charge is 0.0470 e. The van der Waals surface area contributed by atoms with Crippen molar-refractivity contribution in [3.05, 3.63) is 35.4 Å². The minimum Gasteiger partial charge on any atom is -0.329 e. The molecule has 0 amide bonds. The zero-order chi connectivity index (χ0) is 14.7. The van der Waals surface area contributed by atoms with Gasteiger partial charge in [-0.15, -0.1) is 0 Å². The molecule has 0 aromatic heterocycles. The molecule has 1 aromatic carbocycles. The number of likely N-dealkylation sites (tertiary alicyclic amines) is 1. The van der Waals surface area contributed by atoms with E-state index in [4.69, 9.17) is 5.73 Å². The first-order valence-corrected chi connectivity index (χ1v) is 8.85. The number of rotatable bonds is 6. The van der Waals surface area contributed by atoms with Crippen molar-refractivity contribution in [2.75, 3.05) is 19.6 Å². The van der Waals surface area contributed by atoms with Crippen molar-refractivity contribution in [1.82, 2.24) is 4.90 Å². The van der Waals surface area contributed by atoms with Gasteiger partial charge in [0.05, 0.1) is 0 Å². The average Bonchev–Trinajstić information content (AvgIpc) is 3.36. The van der Waals surface area contributed by atoms with E-state index >= 15 is 0 Å². The molecule has 3 rings (SSSR count). The summed E-state index contributed by atoms with van der Waals surface area (Å²) in [7, 11) is 0. The monoisotopic (exact) mass is 286 g/mol. The third-order valence-electron chi connectivity index (χ3n) is 5.38. The van der Waals surface area contributed by atoms with Gasteiger partial charge < -0.3 is 5.73 Å². The lowest BCUT2D eigenvalue weighted by Crippen LogP contribution is -2.39. The Hall–Kier alpha value is -0.860. The van der Waals surface area contributed by atoms with E-state index in [0.717, 1.165) is 18.4 Å². The summed E-state index contributed by atoms with van der Waals surface area (Å²) in [6, 6.07) is 9.73. The highest BCUT2D eigenvalue weighted by atomic mass is 15.2. The van der Waals surface area contributed by atoms with Crippen molar-refractivity contribution < 1.29 is 0 Å². The van der Waals surface area contributed by atoms with Crippen molar-refractivity contribution in [3.8, 4) is 0 Å². The zero-order valence-electron chi connectivity index (χ0n) is 13.4. The molecule has 1 aliphatic heterocycles. The molecule has 2 aliphatic rings. The van der Waals surface area contributed by atoms with E-state index in [1.165, 1.54) is 62.7 Å². The average molecular weight is 286 g/mol. The van der Waals surface area contributed by atoms with Crippen molar-refractivity contribution in [2.24, 2.45) is 11.7 Å². The summed E-state index contributed by atoms with van der Waals surface area (Å²) in [5.74, 6) is 1.79. The predicted octanol–water partition coefficient (Wildman–Crippen LogP) is 4.08. The third kappa shape index (κ3) is 3.67. The molecule has 1 heterocycles. The molecule has 2 fully saturated rings. The fourth-order valence-corrected chi connectivity index (χ4v) is 3.86. The summed E-state index contributed by atoms with van der Waals surface area (Å²) in [5.41, 5.74) is 9.03. The van der Waals surface area contributed by atoms with Crippen LogP contribution >= 0.6 is 0 Å². The van der Waals surface area contributed by atoms with Crippen molar-refractivity contribution in [2.45, 2.75) is 57.4 Å². The summed E-state index contributed by atoms with van der Waals surface area (Å²) in [6.45, 7) is 5.48. The van der Waals surface area contributed by atoms with E-state index in [-0.39, 0.29) is 0 Å². The van der Waals surface area contributed by atoms with Crippen LogP contribution in [0.25, 0.3) is 0 Å². The highest BCUT2D eigenvalue weighted by molar-refractivity contribution is 5.30. The second kappa shape index (κ2) is 6.93. The van der Waals surface area contributed by atoms with Crippen LogP contribution in [0, 0.1) is 5.92 Å². The molecule has 116 valence electrons. The molecule has 2 nitrogen and oxygen atoms in total. The van der Waals surface area contributed by atoms with Crippen LogP contribution in [0.1, 0.15) is 68.5 Å². The van der Waals surface area contributed by atoms with Crippen LogP contribution in [0.4, 0.5) is 0 Å². The molecule has 21 heavy (non-hydrogen) atoms. The number of hydrogen-bond donors (Lipinski definition) is 1. The highest BCUT2D eigenvalue weighted by Crippen LogP contribution is 2.40. The fraction of sp³-hybridized carbons (Fsp3) is 0.684. The largest absolute Gasteiger partial charge is 0.329 e. The normalized spacial score (nSPS) is 22.4. The molecule has 1 saturated carbocycles. The Kier molecular flexibility index (Phi) is 4.97. The van der Waals surface area contributed by atoms with Crippen LogP contribution in [0.5, 0.6) is 0 Å². The maximum absolute atomic E-state index is 6.10. The number of benzene rings is 1. The minimum atomic E-state index is 0.417. The van der Waals surface area contributed by atoms with Gasteiger partial charge in [-0.3, -0.25) is 4.90 Å². The van der Waals surface area contributed by atoms with E-state index in [1.54, 1.807) is 0 Å². The molecule has 0 spiro atoms. The van der Waals surface area contributed by atoms with Gasteiger partial charge in [0.1, 0.15) is 0 Å². The van der Waals surface area contributed by atoms with Crippen molar-refractivity contribution >= 4 is 0 Å². The molecule has 0 radical (unpaired) electrons. The van der Waals surface area contributed by atoms with E-state index in [9.17, 15) is 0 Å². The van der Waals surface area contributed by atoms with Gasteiger partial charge in [-0.2, -0.15) is 0 Å². The maximum Gasteiger partial charge on any atom is 0.0470 e. The number of hydrogen-bond acceptors (Lipinski definition) is 2. The molecule has 2 heteroatoms. The SMILES string of the molecule is CCCC1CCN(C(CN)c2ccc(C3CC3)cc2)CC1. The fourth-order valence-electron chi connectivity index (χ4n) is 3.86. The molecule has 1 aliphatic carbocycles. The maximum atomic E-state index is 6.10. The van der Waals surface area contributed by atoms with Gasteiger partial charge in [0.25, 0.3) is 0 Å². The van der Waals surface area contributed by atoms with Crippen LogP contribution in [0.2, 0.25) is 0 Å². The predicted molar refractivity (Wildman–Crippen MR) is 89.4 cm³/mol. The van der Waals surface area contributed by atoms with Crippen LogP contribution in [0.3, 0.4) is 0 Å². The Morgan fingerprint density at radius 2 is 1.76 bits per heavy atom. The van der Waals surface area contributed by atoms with E-state index in [1.807, 2.05) is 0 Å². The Labute approximate surface area is 129 Å². The lowest BCUT2D eigenvalue weighted by atomic mass is 9.90. The van der Waals surface area contributed by atoms with Crippen molar-refractivity contribution in [3.63, 3.8) is 0 Å². The molecule has 0 bridgehead atoms. The van der Waals surface area contributed by atoms with Crippen LogP contribution in [0.15, 0.2) is 24.3 Å². The van der Waals surface area contributed by atoms with Crippen LogP contribution in [-0.2, 0) is 0 Å². The van der Waals surface area contributed by atoms with E-state index in [2.05, 4.69) is 36.1 Å². The first kappa shape index (κ1) is 15.1. The molecule has 1 unspecified atom stereocenters. The molecule has 1 atom stereocenters. The summed E-state index contributed by atoms with van der Waals surface area (Å²) < 4.78 is 0. The van der Waals surface area contributed by atoms with Crippen LogP contribution < -0.4 is 5.73 Å². The zero-order valence-corrected chi connectivity index (χ0v) is 13.4. The van der Waals surface area contributed by atoms with Gasteiger partial charge in [0.2, 0.25) is 0 Å². The number of nitrogens with two attached hydrogens (primary N) is 1. The summed E-state index contributed by atoms with van der Waals surface area (Å²) >= 11 is 0. The summed E-state index contributed by atoms with van der Waals surface area (Å²) in [5, 5.41) is 0. The van der Waals surface area contributed by atoms with E-state index in [0.29, 0.717) is 6.04 Å². The lowest BCUT2D eigenvalue weighted by molar-refractivity contribution is 0.131. The minimum absolute atomic E-state index is 0.417. The second-order valence-electron chi connectivity index (χ2n) is 6.96. The number of nitrogens with zero attached hydrogens (tertiary/aromatic N) is 1. The van der Waals surface area contributed by atoms with Crippen molar-refractivity contribution in [1.29, 1.82) is 0 Å². The highest BCUT2D eigenvalue weighted by Gasteiger charge is 2.26. The quantitative estimate of drug-likeness (QED) is 0.854. The van der Waals surface area contributed by atoms with Gasteiger partial charge >= 0.3 is 0 Å². The van der Waals surface area contributed by atoms with Gasteiger partial charge in [-0.1, -0.05) is 44.0 Å². The van der Waals surface area contributed by atoms with Gasteiger partial charge in [-0.05, 0) is 61.7 Å². The Morgan fingerprint density at radius 1 is 1.10 bits per heavy atom. The Morgan fingerprint density at radius 3 is 2.29 bits per heavy atom. The Bertz CT molecular complexity index is 427. The molecular formula is C19H30N2. The van der Waals surface area contributed by atoms with Gasteiger partial charge in [-0.25, -0.2) is 0 Å².